The van der Waals surface area contributed by atoms with Crippen molar-refractivity contribution in [2.24, 2.45) is 5.73 Å². The molecule has 7 heteroatoms. The zero-order valence-electron chi connectivity index (χ0n) is 10.3. The van der Waals surface area contributed by atoms with Crippen molar-refractivity contribution in [3.63, 3.8) is 0 Å². The highest BCUT2D eigenvalue weighted by Crippen LogP contribution is 2.33. The van der Waals surface area contributed by atoms with Crippen LogP contribution < -0.4 is 5.73 Å². The van der Waals surface area contributed by atoms with Crippen molar-refractivity contribution in [2.45, 2.75) is 29.6 Å². The fourth-order valence-corrected chi connectivity index (χ4v) is 4.80. The maximum atomic E-state index is 12.5. The number of sulfonamides is 1. The number of ether oxygens (including phenoxy) is 1. The van der Waals surface area contributed by atoms with Crippen molar-refractivity contribution in [3.05, 3.63) is 17.0 Å². The number of hydrogen-bond donors (Lipinski definition) is 1. The van der Waals surface area contributed by atoms with E-state index in [1.807, 2.05) is 0 Å². The van der Waals surface area contributed by atoms with Gasteiger partial charge < -0.3 is 10.5 Å². The van der Waals surface area contributed by atoms with Gasteiger partial charge in [-0.25, -0.2) is 8.42 Å². The topological polar surface area (TPSA) is 72.6 Å². The Kier molecular flexibility index (Phi) is 4.39. The minimum absolute atomic E-state index is 0.147. The first-order valence-corrected chi connectivity index (χ1v) is 8.15. The van der Waals surface area contributed by atoms with E-state index in [9.17, 15) is 8.42 Å². The average molecular weight is 290 g/mol. The Bertz CT molecular complexity index is 494. The molecule has 0 bridgehead atoms. The molecule has 1 heterocycles. The van der Waals surface area contributed by atoms with E-state index in [-0.39, 0.29) is 6.04 Å². The molecule has 0 radical (unpaired) electrons. The second kappa shape index (κ2) is 5.66. The summed E-state index contributed by atoms with van der Waals surface area (Å²) in [5.41, 5.74) is 5.52. The fraction of sp³-hybridized carbons (Fsp3) is 0.636. The molecule has 1 aliphatic rings. The van der Waals surface area contributed by atoms with Crippen molar-refractivity contribution in [2.75, 3.05) is 20.3 Å². The van der Waals surface area contributed by atoms with E-state index in [4.69, 9.17) is 10.5 Å². The van der Waals surface area contributed by atoms with Crippen LogP contribution in [0, 0.1) is 0 Å². The maximum Gasteiger partial charge on any atom is 0.252 e. The van der Waals surface area contributed by atoms with Gasteiger partial charge in [0.25, 0.3) is 10.0 Å². The zero-order chi connectivity index (χ0) is 13.2. The van der Waals surface area contributed by atoms with Gasteiger partial charge in [-0.15, -0.1) is 11.3 Å². The van der Waals surface area contributed by atoms with Gasteiger partial charge in [-0.2, -0.15) is 4.31 Å². The molecule has 1 saturated carbocycles. The summed E-state index contributed by atoms with van der Waals surface area (Å²) in [6, 6.07) is 3.57. The third-order valence-electron chi connectivity index (χ3n) is 2.87. The molecule has 1 aliphatic carbocycles. The van der Waals surface area contributed by atoms with Crippen LogP contribution in [0.2, 0.25) is 0 Å². The molecular formula is C11H18N2O3S2. The molecule has 1 fully saturated rings. The summed E-state index contributed by atoms with van der Waals surface area (Å²) in [6.45, 7) is 1.21. The smallest absolute Gasteiger partial charge is 0.252 e. The van der Waals surface area contributed by atoms with E-state index in [2.05, 4.69) is 0 Å². The molecule has 0 atom stereocenters. The van der Waals surface area contributed by atoms with Crippen molar-refractivity contribution >= 4 is 21.4 Å². The summed E-state index contributed by atoms with van der Waals surface area (Å²) < 4.78 is 31.9. The molecule has 18 heavy (non-hydrogen) atoms. The van der Waals surface area contributed by atoms with E-state index in [0.717, 1.165) is 17.7 Å². The van der Waals surface area contributed by atoms with Gasteiger partial charge in [0.05, 0.1) is 6.61 Å². The average Bonchev–Trinajstić information content (AvgIpc) is 3.05. The Labute approximate surface area is 112 Å². The number of methoxy groups -OCH3 is 1. The van der Waals surface area contributed by atoms with Gasteiger partial charge in [0.15, 0.2) is 0 Å². The third kappa shape index (κ3) is 2.92. The van der Waals surface area contributed by atoms with E-state index in [1.165, 1.54) is 11.3 Å². The van der Waals surface area contributed by atoms with Crippen molar-refractivity contribution in [1.29, 1.82) is 0 Å². The van der Waals surface area contributed by atoms with Crippen LogP contribution in [0.3, 0.4) is 0 Å². The molecule has 0 amide bonds. The quantitative estimate of drug-likeness (QED) is 0.813. The molecule has 1 aromatic heterocycles. The number of nitrogens with zero attached hydrogens (tertiary/aromatic N) is 1. The predicted octanol–water partition coefficient (Wildman–Crippen LogP) is 1.01. The number of nitrogens with two attached hydrogens (primary N) is 1. The van der Waals surface area contributed by atoms with Crippen molar-refractivity contribution in [1.82, 2.24) is 4.31 Å². The summed E-state index contributed by atoms with van der Waals surface area (Å²) in [5.74, 6) is 0. The largest absolute Gasteiger partial charge is 0.383 e. The maximum absolute atomic E-state index is 12.5. The van der Waals surface area contributed by atoms with Gasteiger partial charge in [0, 0.05) is 31.1 Å². The zero-order valence-corrected chi connectivity index (χ0v) is 12.0. The van der Waals surface area contributed by atoms with Crippen LogP contribution in [0.25, 0.3) is 0 Å². The first-order valence-electron chi connectivity index (χ1n) is 5.89. The lowest BCUT2D eigenvalue weighted by Crippen LogP contribution is -2.35. The molecule has 0 spiro atoms. The predicted molar refractivity (Wildman–Crippen MR) is 71.0 cm³/mol. The Morgan fingerprint density at radius 1 is 1.50 bits per heavy atom. The number of rotatable bonds is 7. The molecule has 0 saturated heterocycles. The Morgan fingerprint density at radius 2 is 2.22 bits per heavy atom. The van der Waals surface area contributed by atoms with E-state index >= 15 is 0 Å². The molecule has 5 nitrogen and oxygen atoms in total. The highest BCUT2D eigenvalue weighted by atomic mass is 32.2. The molecule has 2 N–H and O–H groups in total. The van der Waals surface area contributed by atoms with Gasteiger partial charge in [-0.1, -0.05) is 0 Å². The molecule has 2 rings (SSSR count). The monoisotopic (exact) mass is 290 g/mol. The highest BCUT2D eigenvalue weighted by molar-refractivity contribution is 7.91. The third-order valence-corrected chi connectivity index (χ3v) is 6.40. The Balaban J connectivity index is 2.21. The van der Waals surface area contributed by atoms with Crippen LogP contribution in [-0.4, -0.2) is 39.0 Å². The van der Waals surface area contributed by atoms with Gasteiger partial charge in [-0.05, 0) is 25.0 Å². The van der Waals surface area contributed by atoms with Crippen LogP contribution in [0.4, 0.5) is 0 Å². The summed E-state index contributed by atoms with van der Waals surface area (Å²) in [4.78, 5) is 0.885. The number of thiophene rings is 1. The second-order valence-electron chi connectivity index (χ2n) is 4.26. The summed E-state index contributed by atoms with van der Waals surface area (Å²) in [5, 5.41) is 0. The van der Waals surface area contributed by atoms with Gasteiger partial charge in [0.1, 0.15) is 4.21 Å². The van der Waals surface area contributed by atoms with Crippen molar-refractivity contribution in [3.8, 4) is 0 Å². The number of hydrogen-bond acceptors (Lipinski definition) is 5. The van der Waals surface area contributed by atoms with Crippen molar-refractivity contribution < 1.29 is 13.2 Å². The minimum atomic E-state index is -3.38. The summed E-state index contributed by atoms with van der Waals surface area (Å²) >= 11 is 1.25. The van der Waals surface area contributed by atoms with Gasteiger partial charge >= 0.3 is 0 Å². The standard InChI is InChI=1S/C11H18N2O3S2/c1-16-7-6-13(9-2-3-9)18(14,15)11-5-4-10(8-12)17-11/h4-5,9H,2-3,6-8,12H2,1H3. The SMILES string of the molecule is COCCN(C1CC1)S(=O)(=O)c1ccc(CN)s1. The lowest BCUT2D eigenvalue weighted by Gasteiger charge is -2.20. The lowest BCUT2D eigenvalue weighted by atomic mass is 10.5. The molecule has 0 aliphatic heterocycles. The van der Waals surface area contributed by atoms with E-state index < -0.39 is 10.0 Å². The molecular weight excluding hydrogens is 272 g/mol. The molecule has 102 valence electrons. The Morgan fingerprint density at radius 3 is 2.72 bits per heavy atom. The molecule has 0 unspecified atom stereocenters. The van der Waals surface area contributed by atoms with Crippen LogP contribution in [0.5, 0.6) is 0 Å². The van der Waals surface area contributed by atoms with E-state index in [0.29, 0.717) is 23.9 Å². The molecule has 1 aromatic rings. The summed E-state index contributed by atoms with van der Waals surface area (Å²) in [6.07, 6.45) is 1.89. The molecule has 0 aromatic carbocycles. The summed E-state index contributed by atoms with van der Waals surface area (Å²) in [7, 11) is -1.80. The van der Waals surface area contributed by atoms with Gasteiger partial charge in [-0.3, -0.25) is 0 Å². The van der Waals surface area contributed by atoms with Crippen LogP contribution in [-0.2, 0) is 21.3 Å². The first kappa shape index (κ1) is 14.0. The van der Waals surface area contributed by atoms with Gasteiger partial charge in [0.2, 0.25) is 0 Å². The minimum Gasteiger partial charge on any atom is -0.383 e. The van der Waals surface area contributed by atoms with Crippen LogP contribution >= 0.6 is 11.3 Å². The lowest BCUT2D eigenvalue weighted by molar-refractivity contribution is 0.177. The fourth-order valence-electron chi connectivity index (χ4n) is 1.76. The Hall–Kier alpha value is -0.470. The first-order chi connectivity index (χ1) is 8.59. The normalized spacial score (nSPS) is 16.4. The van der Waals surface area contributed by atoms with Crippen LogP contribution in [0.15, 0.2) is 16.3 Å². The highest BCUT2D eigenvalue weighted by Gasteiger charge is 2.38. The van der Waals surface area contributed by atoms with E-state index in [1.54, 1.807) is 23.5 Å². The second-order valence-corrected chi connectivity index (χ2v) is 7.55. The van der Waals surface area contributed by atoms with Crippen LogP contribution in [0.1, 0.15) is 17.7 Å².